The Hall–Kier alpha value is -1.81. The van der Waals surface area contributed by atoms with Gasteiger partial charge in [0, 0.05) is 12.1 Å². The van der Waals surface area contributed by atoms with E-state index in [1.165, 1.54) is 7.11 Å². The van der Waals surface area contributed by atoms with E-state index in [1.807, 2.05) is 24.3 Å². The summed E-state index contributed by atoms with van der Waals surface area (Å²) in [6, 6.07) is 7.67. The van der Waals surface area contributed by atoms with Crippen LogP contribution in [0.25, 0.3) is 0 Å². The predicted molar refractivity (Wildman–Crippen MR) is 65.9 cm³/mol. The number of benzene rings is 1. The van der Waals surface area contributed by atoms with E-state index in [0.717, 1.165) is 11.3 Å². The molecule has 1 aromatic carbocycles. The summed E-state index contributed by atoms with van der Waals surface area (Å²) in [6.45, 7) is 4.81. The number of carbonyl (C=O) groups excluding carboxylic acids is 1. The number of rotatable bonds is 7. The number of esters is 1. The van der Waals surface area contributed by atoms with Crippen molar-refractivity contribution in [3.63, 3.8) is 0 Å². The number of ether oxygens (including phenoxy) is 2. The third kappa shape index (κ3) is 4.70. The Balaban J connectivity index is 2.51. The summed E-state index contributed by atoms with van der Waals surface area (Å²) in [5, 5.41) is 2.99. The maximum Gasteiger partial charge on any atom is 0.319 e. The molecule has 92 valence electrons. The van der Waals surface area contributed by atoms with E-state index in [-0.39, 0.29) is 12.5 Å². The Labute approximate surface area is 101 Å². The van der Waals surface area contributed by atoms with Crippen LogP contribution >= 0.6 is 0 Å². The molecule has 0 saturated carbocycles. The van der Waals surface area contributed by atoms with E-state index in [4.69, 9.17) is 4.74 Å². The molecule has 0 saturated heterocycles. The number of carbonyl (C=O) groups is 1. The first kappa shape index (κ1) is 13.3. The van der Waals surface area contributed by atoms with Crippen molar-refractivity contribution in [2.75, 3.05) is 20.3 Å². The molecule has 1 rings (SSSR count). The minimum atomic E-state index is -0.283. The Morgan fingerprint density at radius 3 is 2.94 bits per heavy atom. The average molecular weight is 235 g/mol. The normalized spacial score (nSPS) is 9.71. The van der Waals surface area contributed by atoms with Crippen LogP contribution in [0.4, 0.5) is 0 Å². The van der Waals surface area contributed by atoms with E-state index in [9.17, 15) is 4.79 Å². The first-order valence-electron chi connectivity index (χ1n) is 5.37. The molecule has 4 heteroatoms. The molecule has 0 heterocycles. The van der Waals surface area contributed by atoms with E-state index >= 15 is 0 Å². The summed E-state index contributed by atoms with van der Waals surface area (Å²) < 4.78 is 10.0. The van der Waals surface area contributed by atoms with Gasteiger partial charge >= 0.3 is 5.97 Å². The van der Waals surface area contributed by atoms with E-state index in [2.05, 4.69) is 16.6 Å². The monoisotopic (exact) mass is 235 g/mol. The third-order valence-electron chi connectivity index (χ3n) is 2.14. The average Bonchev–Trinajstić information content (AvgIpc) is 2.37. The molecule has 0 atom stereocenters. The van der Waals surface area contributed by atoms with Crippen LogP contribution < -0.4 is 10.1 Å². The fraction of sp³-hybridized carbons (Fsp3) is 0.308. The van der Waals surface area contributed by atoms with Crippen molar-refractivity contribution in [1.29, 1.82) is 0 Å². The second-order valence-electron chi connectivity index (χ2n) is 3.39. The largest absolute Gasteiger partial charge is 0.489 e. The van der Waals surface area contributed by atoms with Gasteiger partial charge in [0.05, 0.1) is 13.7 Å². The lowest BCUT2D eigenvalue weighted by Gasteiger charge is -2.10. The number of para-hydroxylation sites is 1. The highest BCUT2D eigenvalue weighted by Crippen LogP contribution is 2.17. The van der Waals surface area contributed by atoms with Crippen LogP contribution in [0.1, 0.15) is 5.56 Å². The van der Waals surface area contributed by atoms with Crippen molar-refractivity contribution >= 4 is 5.97 Å². The van der Waals surface area contributed by atoms with Crippen molar-refractivity contribution in [1.82, 2.24) is 5.32 Å². The smallest absolute Gasteiger partial charge is 0.319 e. The Bertz CT molecular complexity index is 377. The van der Waals surface area contributed by atoms with Crippen molar-refractivity contribution < 1.29 is 14.3 Å². The van der Waals surface area contributed by atoms with Crippen LogP contribution in [-0.2, 0) is 16.1 Å². The molecule has 1 aromatic rings. The maximum absolute atomic E-state index is 10.9. The standard InChI is InChI=1S/C13H17NO3/c1-3-8-17-12-7-5-4-6-11(12)9-14-10-13(15)16-2/h3-7,14H,1,8-10H2,2H3. The molecule has 0 fully saturated rings. The topological polar surface area (TPSA) is 47.6 Å². The number of nitrogens with one attached hydrogen (secondary N) is 1. The molecule has 0 radical (unpaired) electrons. The van der Waals surface area contributed by atoms with Gasteiger partial charge in [0.25, 0.3) is 0 Å². The van der Waals surface area contributed by atoms with Gasteiger partial charge in [0.15, 0.2) is 0 Å². The van der Waals surface area contributed by atoms with Gasteiger partial charge in [-0.3, -0.25) is 4.79 Å². The van der Waals surface area contributed by atoms with Crippen molar-refractivity contribution in [3.8, 4) is 5.75 Å². The molecule has 0 aliphatic heterocycles. The highest BCUT2D eigenvalue weighted by Gasteiger charge is 2.03. The molecule has 0 unspecified atom stereocenters. The third-order valence-corrected chi connectivity index (χ3v) is 2.14. The minimum Gasteiger partial charge on any atom is -0.489 e. The van der Waals surface area contributed by atoms with Crippen LogP contribution in [0.5, 0.6) is 5.75 Å². The molecule has 17 heavy (non-hydrogen) atoms. The summed E-state index contributed by atoms with van der Waals surface area (Å²) in [5.41, 5.74) is 0.998. The molecule has 4 nitrogen and oxygen atoms in total. The van der Waals surface area contributed by atoms with Gasteiger partial charge in [0.1, 0.15) is 12.4 Å². The van der Waals surface area contributed by atoms with Gasteiger partial charge in [0.2, 0.25) is 0 Å². The first-order valence-corrected chi connectivity index (χ1v) is 5.37. The summed E-state index contributed by atoms with van der Waals surface area (Å²) in [6.07, 6.45) is 1.69. The lowest BCUT2D eigenvalue weighted by Crippen LogP contribution is -2.23. The van der Waals surface area contributed by atoms with Gasteiger partial charge in [-0.15, -0.1) is 0 Å². The van der Waals surface area contributed by atoms with Crippen molar-refractivity contribution in [3.05, 3.63) is 42.5 Å². The second-order valence-corrected chi connectivity index (χ2v) is 3.39. The quantitative estimate of drug-likeness (QED) is 0.575. The first-order chi connectivity index (χ1) is 8.27. The molecule has 0 aliphatic rings. The second kappa shape index (κ2) is 7.46. The highest BCUT2D eigenvalue weighted by atomic mass is 16.5. The van der Waals surface area contributed by atoms with Crippen LogP contribution in [0.3, 0.4) is 0 Å². The van der Waals surface area contributed by atoms with Gasteiger partial charge in [-0.1, -0.05) is 30.9 Å². The Morgan fingerprint density at radius 2 is 2.24 bits per heavy atom. The van der Waals surface area contributed by atoms with Gasteiger partial charge in [-0.25, -0.2) is 0 Å². The molecule has 0 spiro atoms. The Morgan fingerprint density at radius 1 is 1.47 bits per heavy atom. The van der Waals surface area contributed by atoms with E-state index in [0.29, 0.717) is 13.2 Å². The summed E-state index contributed by atoms with van der Waals surface area (Å²) in [4.78, 5) is 10.9. The molecule has 0 bridgehead atoms. The van der Waals surface area contributed by atoms with Gasteiger partial charge < -0.3 is 14.8 Å². The predicted octanol–water partition coefficient (Wildman–Crippen LogP) is 1.51. The Kier molecular flexibility index (Phi) is 5.82. The van der Waals surface area contributed by atoms with E-state index in [1.54, 1.807) is 6.08 Å². The number of methoxy groups -OCH3 is 1. The zero-order valence-electron chi connectivity index (χ0n) is 9.94. The van der Waals surface area contributed by atoms with E-state index < -0.39 is 0 Å². The zero-order chi connectivity index (χ0) is 12.5. The molecule has 0 aromatic heterocycles. The van der Waals surface area contributed by atoms with Crippen LogP contribution in [0.2, 0.25) is 0 Å². The molecular weight excluding hydrogens is 218 g/mol. The summed E-state index contributed by atoms with van der Waals surface area (Å²) in [7, 11) is 1.37. The molecule has 1 N–H and O–H groups in total. The maximum atomic E-state index is 10.9. The lowest BCUT2D eigenvalue weighted by molar-refractivity contribution is -0.139. The fourth-order valence-corrected chi connectivity index (χ4v) is 1.31. The van der Waals surface area contributed by atoms with Crippen molar-refractivity contribution in [2.45, 2.75) is 6.54 Å². The van der Waals surface area contributed by atoms with Crippen molar-refractivity contribution in [2.24, 2.45) is 0 Å². The molecular formula is C13H17NO3. The highest BCUT2D eigenvalue weighted by molar-refractivity contribution is 5.71. The summed E-state index contributed by atoms with van der Waals surface area (Å²) >= 11 is 0. The summed E-state index contributed by atoms with van der Waals surface area (Å²) in [5.74, 6) is 0.513. The van der Waals surface area contributed by atoms with Gasteiger partial charge in [-0.2, -0.15) is 0 Å². The zero-order valence-corrected chi connectivity index (χ0v) is 9.94. The molecule has 0 amide bonds. The van der Waals surface area contributed by atoms with Crippen LogP contribution in [0, 0.1) is 0 Å². The molecule has 0 aliphatic carbocycles. The number of hydrogen-bond donors (Lipinski definition) is 1. The lowest BCUT2D eigenvalue weighted by atomic mass is 10.2. The number of hydrogen-bond acceptors (Lipinski definition) is 4. The fourth-order valence-electron chi connectivity index (χ4n) is 1.31. The van der Waals surface area contributed by atoms with Crippen LogP contribution in [0.15, 0.2) is 36.9 Å². The SMILES string of the molecule is C=CCOc1ccccc1CNCC(=O)OC. The van der Waals surface area contributed by atoms with Gasteiger partial charge in [-0.05, 0) is 6.07 Å². The minimum absolute atomic E-state index is 0.187. The van der Waals surface area contributed by atoms with Crippen LogP contribution in [-0.4, -0.2) is 26.2 Å².